The van der Waals surface area contributed by atoms with Crippen LogP contribution >= 0.6 is 11.3 Å². The van der Waals surface area contributed by atoms with Crippen LogP contribution in [0.1, 0.15) is 37.0 Å². The Morgan fingerprint density at radius 2 is 2.21 bits per heavy atom. The van der Waals surface area contributed by atoms with Gasteiger partial charge in [0.15, 0.2) is 0 Å². The molecule has 0 aliphatic carbocycles. The van der Waals surface area contributed by atoms with E-state index in [0.29, 0.717) is 13.1 Å². The van der Waals surface area contributed by atoms with E-state index >= 15 is 0 Å². The normalized spacial score (nSPS) is 13.8. The fraction of sp³-hybridized carbons (Fsp3) is 0.444. The number of hydrogen-bond acceptors (Lipinski definition) is 5. The number of nitrogens with one attached hydrogen (secondary N) is 1. The molecule has 2 heterocycles. The molecule has 24 heavy (non-hydrogen) atoms. The van der Waals surface area contributed by atoms with Crippen molar-refractivity contribution in [2.45, 2.75) is 46.3 Å². The maximum absolute atomic E-state index is 12.3. The van der Waals surface area contributed by atoms with Gasteiger partial charge in [-0.15, -0.1) is 11.3 Å². The first-order valence-electron chi connectivity index (χ1n) is 8.10. The summed E-state index contributed by atoms with van der Waals surface area (Å²) in [5, 5.41) is 6.54. The third kappa shape index (κ3) is 3.87. The Hall–Kier alpha value is -2.08. The molecule has 6 heteroatoms. The fourth-order valence-corrected chi connectivity index (χ4v) is 3.31. The van der Waals surface area contributed by atoms with E-state index in [4.69, 9.17) is 4.74 Å². The van der Waals surface area contributed by atoms with Gasteiger partial charge in [-0.2, -0.15) is 0 Å². The molecule has 1 aliphatic heterocycles. The van der Waals surface area contributed by atoms with Gasteiger partial charge in [0, 0.05) is 17.6 Å². The Labute approximate surface area is 146 Å². The van der Waals surface area contributed by atoms with Gasteiger partial charge >= 0.3 is 6.09 Å². The van der Waals surface area contributed by atoms with Crippen molar-refractivity contribution in [3.05, 3.63) is 39.8 Å². The van der Waals surface area contributed by atoms with Gasteiger partial charge in [-0.05, 0) is 57.9 Å². The smallest absolute Gasteiger partial charge is 0.414 e. The molecule has 0 bridgehead atoms. The number of fused-ring (bicyclic) bond motifs is 1. The Balaban J connectivity index is 1.67. The van der Waals surface area contributed by atoms with Crippen LogP contribution in [0, 0.1) is 6.92 Å². The van der Waals surface area contributed by atoms with Crippen molar-refractivity contribution in [3.63, 3.8) is 0 Å². The summed E-state index contributed by atoms with van der Waals surface area (Å²) >= 11 is 1.66. The highest BCUT2D eigenvalue weighted by Gasteiger charge is 2.28. The number of carbonyl (C=O) groups excluding carboxylic acids is 1. The minimum absolute atomic E-state index is 0.278. The van der Waals surface area contributed by atoms with Crippen molar-refractivity contribution < 1.29 is 9.53 Å². The van der Waals surface area contributed by atoms with Gasteiger partial charge in [-0.3, -0.25) is 4.90 Å². The number of hydrogen-bond donors (Lipinski definition) is 1. The molecule has 1 aromatic carbocycles. The summed E-state index contributed by atoms with van der Waals surface area (Å²) in [5.74, 6) is 0. The molecule has 0 radical (unpaired) electrons. The van der Waals surface area contributed by atoms with Gasteiger partial charge in [0.1, 0.15) is 5.60 Å². The number of carbonyl (C=O) groups is 1. The van der Waals surface area contributed by atoms with E-state index in [1.807, 2.05) is 39.8 Å². The molecule has 0 atom stereocenters. The number of aromatic nitrogens is 1. The van der Waals surface area contributed by atoms with Crippen molar-refractivity contribution in [1.82, 2.24) is 4.98 Å². The van der Waals surface area contributed by atoms with E-state index in [-0.39, 0.29) is 6.09 Å². The van der Waals surface area contributed by atoms with Crippen LogP contribution in [0.3, 0.4) is 0 Å². The number of thiazole rings is 1. The Morgan fingerprint density at radius 3 is 2.88 bits per heavy atom. The summed E-state index contributed by atoms with van der Waals surface area (Å²) in [6, 6.07) is 6.10. The highest BCUT2D eigenvalue weighted by molar-refractivity contribution is 7.09. The topological polar surface area (TPSA) is 54.5 Å². The second kappa shape index (κ2) is 6.43. The summed E-state index contributed by atoms with van der Waals surface area (Å²) in [6.07, 6.45) is 0.569. The summed E-state index contributed by atoms with van der Waals surface area (Å²) in [4.78, 5) is 18.5. The number of rotatable bonds is 3. The molecule has 128 valence electrons. The zero-order valence-electron chi connectivity index (χ0n) is 14.5. The monoisotopic (exact) mass is 345 g/mol. The highest BCUT2D eigenvalue weighted by Crippen LogP contribution is 2.31. The molecule has 5 nitrogen and oxygen atoms in total. The Morgan fingerprint density at radius 1 is 1.42 bits per heavy atom. The van der Waals surface area contributed by atoms with Gasteiger partial charge in [-0.1, -0.05) is 0 Å². The lowest BCUT2D eigenvalue weighted by atomic mass is 10.1. The Bertz CT molecular complexity index is 749. The highest BCUT2D eigenvalue weighted by atomic mass is 32.1. The van der Waals surface area contributed by atoms with Crippen molar-refractivity contribution in [1.29, 1.82) is 0 Å². The molecule has 0 unspecified atom stereocenters. The number of aryl methyl sites for hydroxylation is 1. The minimum Gasteiger partial charge on any atom is -0.443 e. The summed E-state index contributed by atoms with van der Waals surface area (Å²) in [7, 11) is 0. The average Bonchev–Trinajstić information content (AvgIpc) is 3.08. The van der Waals surface area contributed by atoms with E-state index in [2.05, 4.69) is 21.7 Å². The van der Waals surface area contributed by atoms with Crippen molar-refractivity contribution in [3.8, 4) is 0 Å². The number of benzene rings is 1. The zero-order valence-corrected chi connectivity index (χ0v) is 15.4. The SMILES string of the molecule is Cc1nc(CNc2ccc3c(c2)CCN3C(=O)OC(C)(C)C)cs1. The van der Waals surface area contributed by atoms with Gasteiger partial charge in [0.2, 0.25) is 0 Å². The van der Waals surface area contributed by atoms with Crippen LogP contribution in [0.15, 0.2) is 23.6 Å². The van der Waals surface area contributed by atoms with Crippen molar-refractivity contribution >= 4 is 28.8 Å². The van der Waals surface area contributed by atoms with Crippen LogP contribution in [-0.4, -0.2) is 23.2 Å². The molecule has 0 saturated heterocycles. The second-order valence-electron chi connectivity index (χ2n) is 6.94. The van der Waals surface area contributed by atoms with E-state index in [0.717, 1.165) is 28.5 Å². The molecule has 1 N–H and O–H groups in total. The quantitative estimate of drug-likeness (QED) is 0.898. The van der Waals surface area contributed by atoms with E-state index in [1.54, 1.807) is 16.2 Å². The molecule has 0 saturated carbocycles. The van der Waals surface area contributed by atoms with Crippen LogP contribution in [0.5, 0.6) is 0 Å². The molecule has 3 rings (SSSR count). The lowest BCUT2D eigenvalue weighted by Gasteiger charge is -2.24. The largest absolute Gasteiger partial charge is 0.443 e. The molecule has 1 aromatic heterocycles. The minimum atomic E-state index is -0.479. The van der Waals surface area contributed by atoms with Crippen LogP contribution in [0.25, 0.3) is 0 Å². The predicted molar refractivity (Wildman–Crippen MR) is 97.9 cm³/mol. The third-order valence-electron chi connectivity index (χ3n) is 3.73. The lowest BCUT2D eigenvalue weighted by Crippen LogP contribution is -2.35. The van der Waals surface area contributed by atoms with Gasteiger partial charge < -0.3 is 10.1 Å². The first kappa shape index (κ1) is 16.8. The van der Waals surface area contributed by atoms with Gasteiger partial charge in [0.25, 0.3) is 0 Å². The average molecular weight is 345 g/mol. The fourth-order valence-electron chi connectivity index (χ4n) is 2.70. The molecule has 0 fully saturated rings. The third-order valence-corrected chi connectivity index (χ3v) is 4.55. The maximum atomic E-state index is 12.3. The summed E-state index contributed by atoms with van der Waals surface area (Å²) in [6.45, 7) is 9.03. The number of amides is 1. The summed E-state index contributed by atoms with van der Waals surface area (Å²) < 4.78 is 5.48. The number of nitrogens with zero attached hydrogens (tertiary/aromatic N) is 2. The first-order chi connectivity index (χ1) is 11.3. The first-order valence-corrected chi connectivity index (χ1v) is 8.98. The van der Waals surface area contributed by atoms with Crippen molar-refractivity contribution in [2.75, 3.05) is 16.8 Å². The number of anilines is 2. The molecule has 1 aliphatic rings. The van der Waals surface area contributed by atoms with Crippen LogP contribution < -0.4 is 10.2 Å². The molecule has 2 aromatic rings. The van der Waals surface area contributed by atoms with E-state index in [9.17, 15) is 4.79 Å². The number of ether oxygens (including phenoxy) is 1. The predicted octanol–water partition coefficient (Wildman–Crippen LogP) is 4.36. The standard InChI is InChI=1S/C18H23N3O2S/c1-12-20-15(11-24-12)10-19-14-5-6-16-13(9-14)7-8-21(16)17(22)23-18(2,3)4/h5-6,9,11,19H,7-8,10H2,1-4H3. The molecular weight excluding hydrogens is 322 g/mol. The summed E-state index contributed by atoms with van der Waals surface area (Å²) in [5.41, 5.74) is 3.73. The van der Waals surface area contributed by atoms with Crippen LogP contribution in [0.4, 0.5) is 16.2 Å². The second-order valence-corrected chi connectivity index (χ2v) is 8.00. The lowest BCUT2D eigenvalue weighted by molar-refractivity contribution is 0.0584. The van der Waals surface area contributed by atoms with Crippen molar-refractivity contribution in [2.24, 2.45) is 0 Å². The zero-order chi connectivity index (χ0) is 17.3. The maximum Gasteiger partial charge on any atom is 0.414 e. The molecular formula is C18H23N3O2S. The molecule has 1 amide bonds. The Kier molecular flexibility index (Phi) is 4.49. The van der Waals surface area contributed by atoms with E-state index in [1.165, 1.54) is 5.56 Å². The van der Waals surface area contributed by atoms with E-state index < -0.39 is 5.60 Å². The van der Waals surface area contributed by atoms with Gasteiger partial charge in [-0.25, -0.2) is 9.78 Å². The molecule has 0 spiro atoms. The van der Waals surface area contributed by atoms with Crippen LogP contribution in [-0.2, 0) is 17.7 Å². The van der Waals surface area contributed by atoms with Gasteiger partial charge in [0.05, 0.1) is 22.9 Å². The van der Waals surface area contributed by atoms with Crippen LogP contribution in [0.2, 0.25) is 0 Å².